The fourth-order valence-corrected chi connectivity index (χ4v) is 2.52. The van der Waals surface area contributed by atoms with Crippen LogP contribution in [0.3, 0.4) is 0 Å². The van der Waals surface area contributed by atoms with E-state index in [2.05, 4.69) is 20.0 Å². The molecule has 2 heterocycles. The van der Waals surface area contributed by atoms with E-state index in [0.717, 1.165) is 0 Å². The molecular weight excluding hydrogens is 365 g/mol. The Kier molecular flexibility index (Phi) is 5.75. The van der Waals surface area contributed by atoms with Crippen molar-refractivity contribution in [1.82, 2.24) is 15.3 Å². The van der Waals surface area contributed by atoms with Gasteiger partial charge in [-0.15, -0.1) is 13.2 Å². The minimum Gasteiger partial charge on any atom is -0.406 e. The molecule has 1 aliphatic heterocycles. The van der Waals surface area contributed by atoms with E-state index in [9.17, 15) is 18.0 Å². The smallest absolute Gasteiger partial charge is 0.406 e. The lowest BCUT2D eigenvalue weighted by molar-refractivity contribution is -0.274. The third-order valence-corrected chi connectivity index (χ3v) is 3.83. The molecule has 7 nitrogen and oxygen atoms in total. The molecular formula is C17H17F3N4O3. The summed E-state index contributed by atoms with van der Waals surface area (Å²) in [4.78, 5) is 22.4. The highest BCUT2D eigenvalue weighted by Gasteiger charge is 2.30. The number of carbonyl (C=O) groups is 1. The maximum atomic E-state index is 12.3. The Morgan fingerprint density at radius 2 is 1.89 bits per heavy atom. The number of halogens is 3. The predicted octanol–water partition coefficient (Wildman–Crippen LogP) is 2.14. The van der Waals surface area contributed by atoms with Gasteiger partial charge in [0.1, 0.15) is 23.6 Å². The zero-order valence-electron chi connectivity index (χ0n) is 14.2. The molecule has 1 aromatic heterocycles. The van der Waals surface area contributed by atoms with E-state index in [-0.39, 0.29) is 18.0 Å². The van der Waals surface area contributed by atoms with Crippen molar-refractivity contribution in [1.29, 1.82) is 0 Å². The molecule has 0 spiro atoms. The maximum Gasteiger partial charge on any atom is 0.573 e. The van der Waals surface area contributed by atoms with Crippen LogP contribution in [0.15, 0.2) is 36.7 Å². The van der Waals surface area contributed by atoms with Gasteiger partial charge in [-0.3, -0.25) is 4.79 Å². The predicted molar refractivity (Wildman–Crippen MR) is 89.4 cm³/mol. The summed E-state index contributed by atoms with van der Waals surface area (Å²) in [6.07, 6.45) is -3.41. The van der Waals surface area contributed by atoms with Crippen molar-refractivity contribution in [2.45, 2.75) is 12.9 Å². The quantitative estimate of drug-likeness (QED) is 0.854. The molecule has 0 atom stereocenters. The van der Waals surface area contributed by atoms with Crippen LogP contribution in [0.5, 0.6) is 5.75 Å². The number of rotatable bonds is 5. The van der Waals surface area contributed by atoms with Crippen molar-refractivity contribution >= 4 is 11.7 Å². The van der Waals surface area contributed by atoms with E-state index >= 15 is 0 Å². The maximum absolute atomic E-state index is 12.3. The molecule has 1 N–H and O–H groups in total. The molecule has 1 saturated heterocycles. The van der Waals surface area contributed by atoms with Crippen LogP contribution in [0.1, 0.15) is 16.1 Å². The summed E-state index contributed by atoms with van der Waals surface area (Å²) in [5.41, 5.74) is 0.837. The fourth-order valence-electron chi connectivity index (χ4n) is 2.52. The number of ether oxygens (including phenoxy) is 2. The first-order valence-electron chi connectivity index (χ1n) is 8.18. The zero-order valence-corrected chi connectivity index (χ0v) is 14.2. The normalized spacial score (nSPS) is 14.7. The first kappa shape index (κ1) is 18.9. The number of carbonyl (C=O) groups excluding carboxylic acids is 1. The number of alkyl halides is 3. The van der Waals surface area contributed by atoms with Gasteiger partial charge in [0, 0.05) is 25.7 Å². The number of morpholine rings is 1. The number of aromatic nitrogens is 2. The number of anilines is 1. The molecule has 0 radical (unpaired) electrons. The molecule has 144 valence electrons. The van der Waals surface area contributed by atoms with E-state index in [0.29, 0.717) is 37.7 Å². The first-order valence-corrected chi connectivity index (χ1v) is 8.18. The summed E-state index contributed by atoms with van der Waals surface area (Å²) in [5.74, 6) is -0.0711. The van der Waals surface area contributed by atoms with Gasteiger partial charge in [0.25, 0.3) is 5.91 Å². The molecule has 27 heavy (non-hydrogen) atoms. The van der Waals surface area contributed by atoms with Gasteiger partial charge in [-0.2, -0.15) is 0 Å². The molecule has 3 rings (SSSR count). The number of amides is 1. The molecule has 1 aromatic carbocycles. The Morgan fingerprint density at radius 3 is 2.56 bits per heavy atom. The highest BCUT2D eigenvalue weighted by atomic mass is 19.4. The minimum absolute atomic E-state index is 0.141. The zero-order chi connectivity index (χ0) is 19.3. The van der Waals surface area contributed by atoms with Crippen molar-refractivity contribution in [2.75, 3.05) is 31.2 Å². The van der Waals surface area contributed by atoms with Gasteiger partial charge in [-0.05, 0) is 17.7 Å². The van der Waals surface area contributed by atoms with Gasteiger partial charge in [0.05, 0.1) is 13.2 Å². The lowest BCUT2D eigenvalue weighted by atomic mass is 10.2. The molecule has 0 bridgehead atoms. The number of hydrogen-bond donors (Lipinski definition) is 1. The molecule has 10 heteroatoms. The first-order chi connectivity index (χ1) is 12.9. The highest BCUT2D eigenvalue weighted by Crippen LogP contribution is 2.22. The van der Waals surface area contributed by atoms with Crippen molar-refractivity contribution in [3.63, 3.8) is 0 Å². The second-order valence-corrected chi connectivity index (χ2v) is 5.74. The van der Waals surface area contributed by atoms with Gasteiger partial charge in [0.2, 0.25) is 0 Å². The average molecular weight is 382 g/mol. The lowest BCUT2D eigenvalue weighted by Gasteiger charge is -2.27. The summed E-state index contributed by atoms with van der Waals surface area (Å²) in [5, 5.41) is 2.68. The Balaban J connectivity index is 1.57. The molecule has 1 aliphatic rings. The van der Waals surface area contributed by atoms with Crippen LogP contribution in [0.4, 0.5) is 19.0 Å². The lowest BCUT2D eigenvalue weighted by Crippen LogP contribution is -2.37. The van der Waals surface area contributed by atoms with Gasteiger partial charge in [0.15, 0.2) is 0 Å². The SMILES string of the molecule is O=C(NCc1ccc(OC(F)(F)F)cc1)c1cc(N2CCOCC2)ncn1. The summed E-state index contributed by atoms with van der Waals surface area (Å²) in [6, 6.07) is 6.87. The minimum atomic E-state index is -4.74. The number of nitrogens with one attached hydrogen (secondary N) is 1. The average Bonchev–Trinajstić information content (AvgIpc) is 2.67. The van der Waals surface area contributed by atoms with E-state index in [4.69, 9.17) is 4.74 Å². The topological polar surface area (TPSA) is 76.6 Å². The molecule has 0 aliphatic carbocycles. The van der Waals surface area contributed by atoms with Crippen LogP contribution >= 0.6 is 0 Å². The van der Waals surface area contributed by atoms with Crippen molar-refractivity contribution in [2.24, 2.45) is 0 Å². The summed E-state index contributed by atoms with van der Waals surface area (Å²) in [6.45, 7) is 2.70. The van der Waals surface area contributed by atoms with E-state index < -0.39 is 12.3 Å². The third-order valence-electron chi connectivity index (χ3n) is 3.83. The van der Waals surface area contributed by atoms with Crippen molar-refractivity contribution in [3.8, 4) is 5.75 Å². The van der Waals surface area contributed by atoms with E-state index in [1.807, 2.05) is 4.90 Å². The Bertz CT molecular complexity index is 778. The molecule has 0 unspecified atom stereocenters. The summed E-state index contributed by atoms with van der Waals surface area (Å²) < 4.78 is 45.5. The number of nitrogens with zero attached hydrogens (tertiary/aromatic N) is 3. The Labute approximate surface area is 153 Å². The van der Waals surface area contributed by atoms with Crippen LogP contribution in [0.25, 0.3) is 0 Å². The van der Waals surface area contributed by atoms with E-state index in [1.54, 1.807) is 6.07 Å². The third kappa shape index (κ3) is 5.55. The highest BCUT2D eigenvalue weighted by molar-refractivity contribution is 5.92. The van der Waals surface area contributed by atoms with Gasteiger partial charge < -0.3 is 19.7 Å². The Hall–Kier alpha value is -2.88. The van der Waals surface area contributed by atoms with Crippen LogP contribution in [0.2, 0.25) is 0 Å². The van der Waals surface area contributed by atoms with Crippen LogP contribution in [-0.2, 0) is 11.3 Å². The summed E-state index contributed by atoms with van der Waals surface area (Å²) in [7, 11) is 0. The largest absolute Gasteiger partial charge is 0.573 e. The van der Waals surface area contributed by atoms with Gasteiger partial charge >= 0.3 is 6.36 Å². The van der Waals surface area contributed by atoms with Gasteiger partial charge in [-0.25, -0.2) is 9.97 Å². The second-order valence-electron chi connectivity index (χ2n) is 5.74. The van der Waals surface area contributed by atoms with Crippen molar-refractivity contribution < 1.29 is 27.4 Å². The van der Waals surface area contributed by atoms with Crippen LogP contribution < -0.4 is 15.0 Å². The molecule has 0 saturated carbocycles. The van der Waals surface area contributed by atoms with Crippen LogP contribution in [-0.4, -0.2) is 48.5 Å². The second kappa shape index (κ2) is 8.21. The summed E-state index contributed by atoms with van der Waals surface area (Å²) >= 11 is 0. The molecule has 2 aromatic rings. The van der Waals surface area contributed by atoms with E-state index in [1.165, 1.54) is 30.6 Å². The Morgan fingerprint density at radius 1 is 1.19 bits per heavy atom. The van der Waals surface area contributed by atoms with Crippen LogP contribution in [0, 0.1) is 0 Å². The molecule has 1 fully saturated rings. The number of hydrogen-bond acceptors (Lipinski definition) is 6. The monoisotopic (exact) mass is 382 g/mol. The van der Waals surface area contributed by atoms with Crippen molar-refractivity contribution in [3.05, 3.63) is 47.9 Å². The standard InChI is InChI=1S/C17H17F3N4O3/c18-17(19,20)27-13-3-1-12(2-4-13)10-21-16(25)14-9-15(23-11-22-14)24-5-7-26-8-6-24/h1-4,9,11H,5-8,10H2,(H,21,25). The number of benzene rings is 1. The van der Waals surface area contributed by atoms with Gasteiger partial charge in [-0.1, -0.05) is 12.1 Å². The fraction of sp³-hybridized carbons (Fsp3) is 0.353. The molecule has 1 amide bonds.